The van der Waals surface area contributed by atoms with E-state index in [0.717, 1.165) is 0 Å². The third-order valence-electron chi connectivity index (χ3n) is 12.3. The van der Waals surface area contributed by atoms with E-state index in [-0.39, 0.29) is 5.41 Å². The van der Waals surface area contributed by atoms with Crippen LogP contribution in [0.2, 0.25) is 0 Å². The van der Waals surface area contributed by atoms with Crippen molar-refractivity contribution in [2.24, 2.45) is 0 Å². The minimum Gasteiger partial charge on any atom is -0.135 e. The second-order valence-corrected chi connectivity index (χ2v) is 17.7. The summed E-state index contributed by atoms with van der Waals surface area (Å²) < 4.78 is 5.47. The van der Waals surface area contributed by atoms with Gasteiger partial charge in [0.05, 0.1) is 0 Å². The Labute approximate surface area is 327 Å². The fraction of sp³-hybridized carbons (Fsp3) is 0.0566. The summed E-state index contributed by atoms with van der Waals surface area (Å²) in [6.07, 6.45) is 0. The Morgan fingerprint density at radius 1 is 0.345 bits per heavy atom. The van der Waals surface area contributed by atoms with E-state index in [1.54, 1.807) is 0 Å². The lowest BCUT2D eigenvalue weighted by molar-refractivity contribution is 0.660. The van der Waals surface area contributed by atoms with Crippen LogP contribution in [0.1, 0.15) is 25.0 Å². The highest BCUT2D eigenvalue weighted by Crippen LogP contribution is 2.53. The van der Waals surface area contributed by atoms with Crippen LogP contribution in [-0.2, 0) is 5.41 Å². The number of benzene rings is 9. The second-order valence-electron chi connectivity index (χ2n) is 15.6. The number of fused-ring (bicyclic) bond motifs is 12. The molecule has 0 spiro atoms. The van der Waals surface area contributed by atoms with Gasteiger partial charge in [-0.05, 0) is 108 Å². The van der Waals surface area contributed by atoms with Gasteiger partial charge in [0.25, 0.3) is 0 Å². The van der Waals surface area contributed by atoms with Crippen molar-refractivity contribution in [3.05, 3.63) is 181 Å². The molecule has 2 heterocycles. The first kappa shape index (κ1) is 31.3. The predicted octanol–water partition coefficient (Wildman–Crippen LogP) is 16.0. The molecule has 11 aromatic rings. The summed E-state index contributed by atoms with van der Waals surface area (Å²) in [7, 11) is 0. The molecule has 0 bridgehead atoms. The molecule has 258 valence electrons. The molecule has 0 nitrogen and oxygen atoms in total. The summed E-state index contributed by atoms with van der Waals surface area (Å²) in [6.45, 7) is 4.79. The minimum atomic E-state index is -0.125. The molecule has 0 radical (unpaired) electrons. The maximum atomic E-state index is 2.49. The number of hydrogen-bond acceptors (Lipinski definition) is 2. The molecule has 1 aliphatic carbocycles. The van der Waals surface area contributed by atoms with E-state index in [1.807, 2.05) is 22.7 Å². The van der Waals surface area contributed by atoms with Crippen LogP contribution >= 0.6 is 22.7 Å². The zero-order chi connectivity index (χ0) is 36.4. The van der Waals surface area contributed by atoms with Crippen LogP contribution < -0.4 is 0 Å². The maximum absolute atomic E-state index is 2.49. The molecule has 0 saturated carbocycles. The summed E-state index contributed by atoms with van der Waals surface area (Å²) in [4.78, 5) is 0. The van der Waals surface area contributed by atoms with Gasteiger partial charge in [0.2, 0.25) is 0 Å². The summed E-state index contributed by atoms with van der Waals surface area (Å²) in [6, 6.07) is 63.8. The summed E-state index contributed by atoms with van der Waals surface area (Å²) in [5, 5.41) is 10.7. The van der Waals surface area contributed by atoms with Gasteiger partial charge < -0.3 is 0 Å². The van der Waals surface area contributed by atoms with Gasteiger partial charge in [-0.2, -0.15) is 0 Å². The van der Waals surface area contributed by atoms with Crippen LogP contribution in [0.3, 0.4) is 0 Å². The van der Waals surface area contributed by atoms with Gasteiger partial charge in [0.1, 0.15) is 0 Å². The summed E-state index contributed by atoms with van der Waals surface area (Å²) >= 11 is 3.84. The van der Waals surface area contributed by atoms with E-state index < -0.39 is 0 Å². The highest BCUT2D eigenvalue weighted by molar-refractivity contribution is 7.29. The molecule has 1 aliphatic rings. The lowest BCUT2D eigenvalue weighted by Crippen LogP contribution is -2.15. The SMILES string of the molecule is CC1(C)c2ccc(-c3ccc4c(c3)sc3ccc5c6ccccc6sc5c34)cc2-c2ccc(-c3c4ccccc4c(-c4ccccc4)c4ccccc34)cc21. The molecule has 0 saturated heterocycles. The molecule has 0 unspecified atom stereocenters. The molecule has 0 fully saturated rings. The highest BCUT2D eigenvalue weighted by Gasteiger charge is 2.36. The van der Waals surface area contributed by atoms with Crippen molar-refractivity contribution in [3.63, 3.8) is 0 Å². The monoisotopic (exact) mass is 734 g/mol. The van der Waals surface area contributed by atoms with Crippen LogP contribution in [0.4, 0.5) is 0 Å². The van der Waals surface area contributed by atoms with E-state index in [9.17, 15) is 0 Å². The highest BCUT2D eigenvalue weighted by atomic mass is 32.1. The Kier molecular flexibility index (Phi) is 6.53. The Morgan fingerprint density at radius 3 is 1.69 bits per heavy atom. The first-order valence-electron chi connectivity index (χ1n) is 19.1. The molecular formula is C53H34S2. The van der Waals surface area contributed by atoms with Crippen molar-refractivity contribution in [1.29, 1.82) is 0 Å². The van der Waals surface area contributed by atoms with Crippen LogP contribution in [-0.4, -0.2) is 0 Å². The van der Waals surface area contributed by atoms with Gasteiger partial charge in [-0.15, -0.1) is 22.7 Å². The minimum absolute atomic E-state index is 0.125. The fourth-order valence-corrected chi connectivity index (χ4v) is 12.1. The Morgan fingerprint density at radius 2 is 0.945 bits per heavy atom. The normalized spacial score (nSPS) is 13.4. The fourth-order valence-electron chi connectivity index (χ4n) is 9.67. The first-order chi connectivity index (χ1) is 27.0. The third-order valence-corrected chi connectivity index (χ3v) is 14.6. The quantitative estimate of drug-likeness (QED) is 0.159. The molecular weight excluding hydrogens is 701 g/mol. The number of rotatable bonds is 3. The van der Waals surface area contributed by atoms with Crippen molar-refractivity contribution in [2.45, 2.75) is 19.3 Å². The molecule has 2 aromatic heterocycles. The average Bonchev–Trinajstić information content (AvgIpc) is 3.87. The third kappa shape index (κ3) is 4.44. The zero-order valence-corrected chi connectivity index (χ0v) is 32.1. The molecule has 0 atom stereocenters. The van der Waals surface area contributed by atoms with Gasteiger partial charge in [-0.3, -0.25) is 0 Å². The second kappa shape index (κ2) is 11.5. The maximum Gasteiger partial charge on any atom is 0.0448 e. The molecule has 55 heavy (non-hydrogen) atoms. The standard InChI is InChI=1S/C53H34S2/c1-53(2)44-26-22-32(33-20-24-42-48(30-33)54-47-27-25-41-36-14-10-11-19-46(36)55-52(41)51(42)47)28-43(44)35-23-21-34(29-45(35)53)50-39-17-8-6-15-37(39)49(31-12-4-3-5-13-31)38-16-7-9-18-40(38)50/h3-30H,1-2H3. The predicted molar refractivity (Wildman–Crippen MR) is 241 cm³/mol. The smallest absolute Gasteiger partial charge is 0.0448 e. The first-order valence-corrected chi connectivity index (χ1v) is 20.7. The van der Waals surface area contributed by atoms with E-state index in [2.05, 4.69) is 184 Å². The van der Waals surface area contributed by atoms with E-state index in [4.69, 9.17) is 0 Å². The molecule has 0 aliphatic heterocycles. The lowest BCUT2D eigenvalue weighted by Gasteiger charge is -2.23. The van der Waals surface area contributed by atoms with Crippen LogP contribution in [0.15, 0.2) is 170 Å². The summed E-state index contributed by atoms with van der Waals surface area (Å²) in [5.41, 5.74) is 13.0. The van der Waals surface area contributed by atoms with Gasteiger partial charge in [0, 0.05) is 45.8 Å². The van der Waals surface area contributed by atoms with Crippen LogP contribution in [0.5, 0.6) is 0 Å². The van der Waals surface area contributed by atoms with Crippen molar-refractivity contribution in [1.82, 2.24) is 0 Å². The number of hydrogen-bond donors (Lipinski definition) is 0. The lowest BCUT2D eigenvalue weighted by atomic mass is 9.80. The Balaban J connectivity index is 0.996. The van der Waals surface area contributed by atoms with Crippen LogP contribution in [0, 0.1) is 0 Å². The molecule has 2 heteroatoms. The molecule has 0 N–H and O–H groups in total. The molecule has 12 rings (SSSR count). The average molecular weight is 735 g/mol. The van der Waals surface area contributed by atoms with Gasteiger partial charge in [0.15, 0.2) is 0 Å². The largest absolute Gasteiger partial charge is 0.135 e. The number of thiophene rings is 2. The topological polar surface area (TPSA) is 0 Å². The van der Waals surface area contributed by atoms with Gasteiger partial charge in [-0.25, -0.2) is 0 Å². The van der Waals surface area contributed by atoms with Crippen molar-refractivity contribution in [2.75, 3.05) is 0 Å². The van der Waals surface area contributed by atoms with E-state index in [0.29, 0.717) is 0 Å². The van der Waals surface area contributed by atoms with Crippen molar-refractivity contribution < 1.29 is 0 Å². The van der Waals surface area contributed by atoms with E-state index >= 15 is 0 Å². The summed E-state index contributed by atoms with van der Waals surface area (Å²) in [5.74, 6) is 0. The molecule has 9 aromatic carbocycles. The van der Waals surface area contributed by atoms with Crippen molar-refractivity contribution in [3.8, 4) is 44.5 Å². The van der Waals surface area contributed by atoms with E-state index in [1.165, 1.54) is 118 Å². The zero-order valence-electron chi connectivity index (χ0n) is 30.5. The van der Waals surface area contributed by atoms with Crippen molar-refractivity contribution >= 4 is 84.6 Å². The van der Waals surface area contributed by atoms with Crippen LogP contribution in [0.25, 0.3) is 106 Å². The van der Waals surface area contributed by atoms with Gasteiger partial charge in [-0.1, -0.05) is 153 Å². The Hall–Kier alpha value is -6.06. The van der Waals surface area contributed by atoms with Gasteiger partial charge >= 0.3 is 0 Å². The Bertz CT molecular complexity index is 3340. The molecule has 0 amide bonds.